The zero-order valence-corrected chi connectivity index (χ0v) is 13.9. The number of rotatable bonds is 7. The molecule has 0 spiro atoms. The Morgan fingerprint density at radius 3 is 2.60 bits per heavy atom. The van der Waals surface area contributed by atoms with Gasteiger partial charge in [0.05, 0.1) is 0 Å². The maximum atomic E-state index is 5.96. The van der Waals surface area contributed by atoms with E-state index in [0.717, 1.165) is 0 Å². The summed E-state index contributed by atoms with van der Waals surface area (Å²) in [6.45, 7) is 9.74. The molecule has 0 fully saturated rings. The van der Waals surface area contributed by atoms with Crippen LogP contribution in [0.3, 0.4) is 0 Å². The minimum absolute atomic E-state index is 0.544. The third kappa shape index (κ3) is 4.24. The first-order chi connectivity index (χ1) is 9.54. The van der Waals surface area contributed by atoms with E-state index in [1.165, 1.54) is 36.0 Å². The molecular weight excluding hydrogens is 244 g/mol. The number of hydrogen-bond donors (Lipinski definition) is 2. The summed E-state index contributed by atoms with van der Waals surface area (Å²) in [6, 6.07) is 0. The van der Waals surface area contributed by atoms with Gasteiger partial charge < -0.3 is 11.1 Å². The molecule has 1 rings (SSSR count). The fraction of sp³-hybridized carbons (Fsp3) is 0.667. The fourth-order valence-corrected chi connectivity index (χ4v) is 2.96. The minimum atomic E-state index is 0.544. The third-order valence-corrected chi connectivity index (χ3v) is 4.21. The maximum absolute atomic E-state index is 5.96. The lowest BCUT2D eigenvalue weighted by atomic mass is 9.76. The highest BCUT2D eigenvalue weighted by molar-refractivity contribution is 5.50. The highest BCUT2D eigenvalue weighted by Gasteiger charge is 2.24. The molecule has 20 heavy (non-hydrogen) atoms. The summed E-state index contributed by atoms with van der Waals surface area (Å²) in [7, 11) is 1.94. The van der Waals surface area contributed by atoms with E-state index in [9.17, 15) is 0 Å². The Morgan fingerprint density at radius 2 is 2.10 bits per heavy atom. The van der Waals surface area contributed by atoms with Gasteiger partial charge in [0.25, 0.3) is 0 Å². The van der Waals surface area contributed by atoms with Gasteiger partial charge in [-0.15, -0.1) is 0 Å². The van der Waals surface area contributed by atoms with Crippen LogP contribution in [-0.4, -0.2) is 13.6 Å². The summed E-state index contributed by atoms with van der Waals surface area (Å²) in [6.07, 6.45) is 10.8. The lowest BCUT2D eigenvalue weighted by molar-refractivity contribution is 0.445. The van der Waals surface area contributed by atoms with Gasteiger partial charge in [-0.05, 0) is 40.9 Å². The normalized spacial score (nSPS) is 23.6. The lowest BCUT2D eigenvalue weighted by Crippen LogP contribution is -2.20. The SMILES string of the molecule is CCCCC1C=C(/C(=C/NC)CN)C(C(C)C)=CC1C. The van der Waals surface area contributed by atoms with Crippen LogP contribution < -0.4 is 11.1 Å². The standard InChI is InChI=1S/C18H32N2/c1-6-7-8-15-10-18(16(11-19)12-20-5)17(13(2)3)9-14(15)4/h9-10,12-15,20H,6-8,11,19H2,1-5H3/b16-12+. The number of hydrogen-bond acceptors (Lipinski definition) is 2. The molecule has 0 heterocycles. The summed E-state index contributed by atoms with van der Waals surface area (Å²) in [5.74, 6) is 1.83. The molecule has 0 saturated carbocycles. The Bertz CT molecular complexity index is 388. The molecule has 2 unspecified atom stereocenters. The Labute approximate surface area is 125 Å². The lowest BCUT2D eigenvalue weighted by Gasteiger charge is -2.30. The van der Waals surface area contributed by atoms with E-state index < -0.39 is 0 Å². The summed E-state index contributed by atoms with van der Waals surface area (Å²) in [4.78, 5) is 0. The predicted octanol–water partition coefficient (Wildman–Crippen LogP) is 4.01. The Kier molecular flexibility index (Phi) is 7.08. The molecular formula is C18H32N2. The first kappa shape index (κ1) is 17.0. The second-order valence-electron chi connectivity index (χ2n) is 6.18. The van der Waals surface area contributed by atoms with Gasteiger partial charge in [-0.1, -0.05) is 52.7 Å². The van der Waals surface area contributed by atoms with Crippen LogP contribution in [-0.2, 0) is 0 Å². The Hall–Kier alpha value is -1.02. The molecule has 0 aromatic heterocycles. The van der Waals surface area contributed by atoms with E-state index in [1.54, 1.807) is 0 Å². The highest BCUT2D eigenvalue weighted by atomic mass is 14.8. The van der Waals surface area contributed by atoms with Crippen molar-refractivity contribution in [2.24, 2.45) is 23.5 Å². The number of nitrogens with two attached hydrogens (primary N) is 1. The predicted molar refractivity (Wildman–Crippen MR) is 89.4 cm³/mol. The average molecular weight is 276 g/mol. The van der Waals surface area contributed by atoms with E-state index in [1.807, 2.05) is 7.05 Å². The molecule has 114 valence electrons. The molecule has 0 amide bonds. The van der Waals surface area contributed by atoms with Crippen LogP contribution in [0.2, 0.25) is 0 Å². The zero-order valence-electron chi connectivity index (χ0n) is 13.9. The number of nitrogens with one attached hydrogen (secondary N) is 1. The van der Waals surface area contributed by atoms with Gasteiger partial charge in [0, 0.05) is 19.8 Å². The molecule has 0 aromatic carbocycles. The van der Waals surface area contributed by atoms with Crippen LogP contribution in [0.5, 0.6) is 0 Å². The second-order valence-corrected chi connectivity index (χ2v) is 6.18. The first-order valence-electron chi connectivity index (χ1n) is 8.05. The van der Waals surface area contributed by atoms with Crippen molar-refractivity contribution in [3.05, 3.63) is 35.1 Å². The van der Waals surface area contributed by atoms with Crippen molar-refractivity contribution in [1.82, 2.24) is 5.32 Å². The van der Waals surface area contributed by atoms with Gasteiger partial charge in [0.1, 0.15) is 0 Å². The van der Waals surface area contributed by atoms with Crippen LogP contribution in [0.25, 0.3) is 0 Å². The average Bonchev–Trinajstić information content (AvgIpc) is 2.43. The molecule has 0 aliphatic heterocycles. The van der Waals surface area contributed by atoms with Crippen molar-refractivity contribution in [1.29, 1.82) is 0 Å². The fourth-order valence-electron chi connectivity index (χ4n) is 2.96. The summed E-state index contributed by atoms with van der Waals surface area (Å²) in [5, 5.41) is 3.13. The van der Waals surface area contributed by atoms with Crippen LogP contribution in [0.4, 0.5) is 0 Å². The molecule has 3 N–H and O–H groups in total. The number of allylic oxidation sites excluding steroid dienone is 3. The molecule has 0 radical (unpaired) electrons. The molecule has 2 atom stereocenters. The van der Waals surface area contributed by atoms with E-state index in [0.29, 0.717) is 24.3 Å². The van der Waals surface area contributed by atoms with E-state index in [4.69, 9.17) is 5.73 Å². The van der Waals surface area contributed by atoms with Gasteiger partial charge in [-0.3, -0.25) is 0 Å². The van der Waals surface area contributed by atoms with Crippen LogP contribution >= 0.6 is 0 Å². The van der Waals surface area contributed by atoms with Gasteiger partial charge in [0.15, 0.2) is 0 Å². The van der Waals surface area contributed by atoms with Crippen LogP contribution in [0.15, 0.2) is 35.1 Å². The molecule has 2 heteroatoms. The van der Waals surface area contributed by atoms with Gasteiger partial charge in [-0.2, -0.15) is 0 Å². The zero-order chi connectivity index (χ0) is 15.1. The second kappa shape index (κ2) is 8.31. The summed E-state index contributed by atoms with van der Waals surface area (Å²) >= 11 is 0. The highest BCUT2D eigenvalue weighted by Crippen LogP contribution is 2.36. The monoisotopic (exact) mass is 276 g/mol. The molecule has 0 aromatic rings. The van der Waals surface area contributed by atoms with Gasteiger partial charge in [-0.25, -0.2) is 0 Å². The smallest absolute Gasteiger partial charge is 0.0198 e. The molecule has 0 bridgehead atoms. The third-order valence-electron chi connectivity index (χ3n) is 4.21. The van der Waals surface area contributed by atoms with E-state index in [-0.39, 0.29) is 0 Å². The van der Waals surface area contributed by atoms with Crippen LogP contribution in [0, 0.1) is 17.8 Å². The first-order valence-corrected chi connectivity index (χ1v) is 8.05. The quantitative estimate of drug-likeness (QED) is 0.737. The topological polar surface area (TPSA) is 38.0 Å². The van der Waals surface area contributed by atoms with Crippen molar-refractivity contribution in [2.45, 2.75) is 47.0 Å². The summed E-state index contributed by atoms with van der Waals surface area (Å²) in [5.41, 5.74) is 10.0. The maximum Gasteiger partial charge on any atom is 0.0198 e. The van der Waals surface area contributed by atoms with E-state index in [2.05, 4.69) is 51.4 Å². The molecule has 0 saturated heterocycles. The largest absolute Gasteiger partial charge is 0.394 e. The van der Waals surface area contributed by atoms with Crippen LogP contribution in [0.1, 0.15) is 47.0 Å². The molecule has 1 aliphatic rings. The van der Waals surface area contributed by atoms with Crippen molar-refractivity contribution in [3.8, 4) is 0 Å². The summed E-state index contributed by atoms with van der Waals surface area (Å²) < 4.78 is 0. The minimum Gasteiger partial charge on any atom is -0.394 e. The Morgan fingerprint density at radius 1 is 1.40 bits per heavy atom. The van der Waals surface area contributed by atoms with Crippen molar-refractivity contribution in [2.75, 3.05) is 13.6 Å². The Balaban J connectivity index is 3.09. The number of unbranched alkanes of at least 4 members (excludes halogenated alkanes) is 1. The van der Waals surface area contributed by atoms with Gasteiger partial charge >= 0.3 is 0 Å². The van der Waals surface area contributed by atoms with E-state index >= 15 is 0 Å². The molecule has 1 aliphatic carbocycles. The van der Waals surface area contributed by atoms with Crippen molar-refractivity contribution >= 4 is 0 Å². The molecule has 2 nitrogen and oxygen atoms in total. The van der Waals surface area contributed by atoms with Crippen molar-refractivity contribution < 1.29 is 0 Å². The van der Waals surface area contributed by atoms with Crippen molar-refractivity contribution in [3.63, 3.8) is 0 Å². The van der Waals surface area contributed by atoms with Gasteiger partial charge in [0.2, 0.25) is 0 Å².